The van der Waals surface area contributed by atoms with Crippen molar-refractivity contribution in [2.75, 3.05) is 54.4 Å². The third-order valence-corrected chi connectivity index (χ3v) is 4.14. The van der Waals surface area contributed by atoms with Gasteiger partial charge in [0, 0.05) is 6.04 Å². The van der Waals surface area contributed by atoms with Crippen LogP contribution in [0.3, 0.4) is 0 Å². The number of allylic oxidation sites excluding steroid dienone is 2. The molecule has 0 fully saturated rings. The van der Waals surface area contributed by atoms with Gasteiger partial charge in [-0.1, -0.05) is 37.0 Å². The van der Waals surface area contributed by atoms with Crippen LogP contribution in [0.1, 0.15) is 32.6 Å². The Morgan fingerprint density at radius 2 is 1.39 bits per heavy atom. The first-order valence-corrected chi connectivity index (χ1v) is 8.77. The molecular weight excluding hydrogens is 282 g/mol. The first-order chi connectivity index (χ1) is 10.8. The predicted molar refractivity (Wildman–Crippen MR) is 105 cm³/mol. The van der Waals surface area contributed by atoms with Gasteiger partial charge in [0.25, 0.3) is 0 Å². The summed E-state index contributed by atoms with van der Waals surface area (Å²) in [6.45, 7) is 18.8. The maximum Gasteiger partial charge on any atom is 0.0305 e. The van der Waals surface area contributed by atoms with Gasteiger partial charge in [-0.05, 0) is 87.0 Å². The van der Waals surface area contributed by atoms with Gasteiger partial charge in [0.1, 0.15) is 0 Å². The Bertz CT molecular complexity index is 344. The Balaban J connectivity index is 4.72. The van der Waals surface area contributed by atoms with Gasteiger partial charge in [0.15, 0.2) is 0 Å². The molecule has 0 aliphatic carbocycles. The lowest BCUT2D eigenvalue weighted by molar-refractivity contribution is 0.192. The van der Waals surface area contributed by atoms with Crippen molar-refractivity contribution in [3.05, 3.63) is 37.0 Å². The van der Waals surface area contributed by atoms with Crippen LogP contribution in [-0.4, -0.2) is 75.1 Å². The molecule has 0 N–H and O–H groups in total. The van der Waals surface area contributed by atoms with E-state index in [4.69, 9.17) is 0 Å². The molecule has 0 heterocycles. The molecule has 1 unspecified atom stereocenters. The minimum Gasteiger partial charge on any atom is -0.309 e. The van der Waals surface area contributed by atoms with Crippen LogP contribution in [0.2, 0.25) is 0 Å². The minimum absolute atomic E-state index is 0.441. The lowest BCUT2D eigenvalue weighted by Crippen LogP contribution is -2.39. The van der Waals surface area contributed by atoms with Crippen molar-refractivity contribution in [2.24, 2.45) is 0 Å². The Morgan fingerprint density at radius 3 is 1.74 bits per heavy atom. The molecule has 0 aliphatic rings. The lowest BCUT2D eigenvalue weighted by atomic mass is 9.99. The van der Waals surface area contributed by atoms with E-state index in [9.17, 15) is 0 Å². The minimum atomic E-state index is 0.441. The molecule has 0 aromatic rings. The molecule has 1 atom stereocenters. The van der Waals surface area contributed by atoms with Crippen molar-refractivity contribution in [3.63, 3.8) is 0 Å². The SMILES string of the molecule is C=CC(=C)CCC(C(=C)C)N(CCCN(C)C)CCCN(C)C. The van der Waals surface area contributed by atoms with Crippen LogP contribution in [0.15, 0.2) is 37.0 Å². The zero-order valence-electron chi connectivity index (χ0n) is 16.3. The van der Waals surface area contributed by atoms with Crippen molar-refractivity contribution < 1.29 is 0 Å². The van der Waals surface area contributed by atoms with Gasteiger partial charge in [0.2, 0.25) is 0 Å². The highest BCUT2D eigenvalue weighted by atomic mass is 15.2. The second-order valence-electron chi connectivity index (χ2n) is 7.11. The Hall–Kier alpha value is -0.900. The summed E-state index contributed by atoms with van der Waals surface area (Å²) in [5, 5.41) is 0. The van der Waals surface area contributed by atoms with E-state index in [0.29, 0.717) is 6.04 Å². The van der Waals surface area contributed by atoms with Crippen molar-refractivity contribution in [1.82, 2.24) is 14.7 Å². The Kier molecular flexibility index (Phi) is 12.0. The largest absolute Gasteiger partial charge is 0.309 e. The molecular formula is C20H39N3. The molecule has 23 heavy (non-hydrogen) atoms. The van der Waals surface area contributed by atoms with Gasteiger partial charge >= 0.3 is 0 Å². The topological polar surface area (TPSA) is 9.72 Å². The van der Waals surface area contributed by atoms with Crippen molar-refractivity contribution in [1.29, 1.82) is 0 Å². The zero-order valence-corrected chi connectivity index (χ0v) is 16.3. The highest BCUT2D eigenvalue weighted by Crippen LogP contribution is 2.19. The quantitative estimate of drug-likeness (QED) is 0.357. The van der Waals surface area contributed by atoms with E-state index in [1.807, 2.05) is 6.08 Å². The second-order valence-corrected chi connectivity index (χ2v) is 7.11. The fraction of sp³-hybridized carbons (Fsp3) is 0.700. The molecule has 3 heteroatoms. The van der Waals surface area contributed by atoms with E-state index in [1.165, 1.54) is 18.4 Å². The number of rotatable bonds is 14. The second kappa shape index (κ2) is 12.5. The fourth-order valence-electron chi connectivity index (χ4n) is 2.77. The van der Waals surface area contributed by atoms with E-state index >= 15 is 0 Å². The highest BCUT2D eigenvalue weighted by molar-refractivity contribution is 5.13. The maximum absolute atomic E-state index is 4.25. The molecule has 134 valence electrons. The van der Waals surface area contributed by atoms with Crippen LogP contribution in [0.4, 0.5) is 0 Å². The van der Waals surface area contributed by atoms with E-state index < -0.39 is 0 Å². The summed E-state index contributed by atoms with van der Waals surface area (Å²) >= 11 is 0. The molecule has 0 radical (unpaired) electrons. The van der Waals surface area contributed by atoms with Gasteiger partial charge < -0.3 is 9.80 Å². The monoisotopic (exact) mass is 321 g/mol. The Morgan fingerprint density at radius 1 is 0.913 bits per heavy atom. The summed E-state index contributed by atoms with van der Waals surface area (Å²) < 4.78 is 0. The molecule has 0 spiro atoms. The van der Waals surface area contributed by atoms with E-state index in [0.717, 1.165) is 44.6 Å². The summed E-state index contributed by atoms with van der Waals surface area (Å²) in [6, 6.07) is 0.441. The molecule has 0 saturated heterocycles. The van der Waals surface area contributed by atoms with Crippen molar-refractivity contribution >= 4 is 0 Å². The summed E-state index contributed by atoms with van der Waals surface area (Å²) in [6.07, 6.45) is 6.35. The molecule has 3 nitrogen and oxygen atoms in total. The van der Waals surface area contributed by atoms with E-state index in [-0.39, 0.29) is 0 Å². The molecule has 0 aromatic heterocycles. The smallest absolute Gasteiger partial charge is 0.0305 e. The van der Waals surface area contributed by atoms with Crippen LogP contribution in [0.5, 0.6) is 0 Å². The summed E-state index contributed by atoms with van der Waals surface area (Å²) in [5.41, 5.74) is 2.38. The standard InChI is InChI=1S/C20H39N3/c1-9-19(4)12-13-20(18(2)3)23(16-10-14-21(5)6)17-11-15-22(7)8/h9,20H,1-2,4,10-17H2,3,5-8H3. The molecule has 0 rings (SSSR count). The highest BCUT2D eigenvalue weighted by Gasteiger charge is 2.18. The molecule has 0 amide bonds. The molecule has 0 bridgehead atoms. The predicted octanol–water partition coefficient (Wildman–Crippen LogP) is 3.66. The third-order valence-electron chi connectivity index (χ3n) is 4.14. The van der Waals surface area contributed by atoms with Crippen LogP contribution in [0.25, 0.3) is 0 Å². The first kappa shape index (κ1) is 22.1. The first-order valence-electron chi connectivity index (χ1n) is 8.77. The van der Waals surface area contributed by atoms with Crippen LogP contribution < -0.4 is 0 Å². The zero-order chi connectivity index (χ0) is 17.8. The summed E-state index contributed by atoms with van der Waals surface area (Å²) in [4.78, 5) is 7.13. The summed E-state index contributed by atoms with van der Waals surface area (Å²) in [5.74, 6) is 0. The average molecular weight is 322 g/mol. The van der Waals surface area contributed by atoms with Crippen molar-refractivity contribution in [3.8, 4) is 0 Å². The molecule has 0 saturated carbocycles. The van der Waals surface area contributed by atoms with Gasteiger partial charge in [-0.3, -0.25) is 4.90 Å². The Labute approximate surface area is 145 Å². The normalized spacial score (nSPS) is 12.9. The van der Waals surface area contributed by atoms with Gasteiger partial charge in [-0.2, -0.15) is 0 Å². The van der Waals surface area contributed by atoms with Gasteiger partial charge in [0.05, 0.1) is 0 Å². The van der Waals surface area contributed by atoms with Crippen LogP contribution >= 0.6 is 0 Å². The van der Waals surface area contributed by atoms with Gasteiger partial charge in [-0.25, -0.2) is 0 Å². The number of nitrogens with zero attached hydrogens (tertiary/aromatic N) is 3. The van der Waals surface area contributed by atoms with Gasteiger partial charge in [-0.15, -0.1) is 0 Å². The lowest BCUT2D eigenvalue weighted by Gasteiger charge is -2.33. The van der Waals surface area contributed by atoms with Crippen LogP contribution in [-0.2, 0) is 0 Å². The summed E-state index contributed by atoms with van der Waals surface area (Å²) in [7, 11) is 8.56. The molecule has 0 aliphatic heterocycles. The van der Waals surface area contributed by atoms with Crippen molar-refractivity contribution in [2.45, 2.75) is 38.6 Å². The average Bonchev–Trinajstić information content (AvgIpc) is 2.45. The maximum atomic E-state index is 4.25. The van der Waals surface area contributed by atoms with E-state index in [2.05, 4.69) is 69.6 Å². The van der Waals surface area contributed by atoms with Crippen LogP contribution in [0, 0.1) is 0 Å². The fourth-order valence-corrected chi connectivity index (χ4v) is 2.77. The third kappa shape index (κ3) is 11.3. The molecule has 0 aromatic carbocycles. The number of hydrogen-bond acceptors (Lipinski definition) is 3. The van der Waals surface area contributed by atoms with E-state index in [1.54, 1.807) is 0 Å². The number of hydrogen-bond donors (Lipinski definition) is 0.